The van der Waals surface area contributed by atoms with Gasteiger partial charge in [-0.1, -0.05) is 32.4 Å². The van der Waals surface area contributed by atoms with Crippen LogP contribution in [0.2, 0.25) is 0 Å². The summed E-state index contributed by atoms with van der Waals surface area (Å²) in [6.07, 6.45) is 10.9. The first-order chi connectivity index (χ1) is 10.1. The molecule has 1 N–H and O–H groups in total. The molecule has 2 aromatic rings. The van der Waals surface area contributed by atoms with Crippen LogP contribution in [0.15, 0.2) is 43.0 Å². The molecule has 0 radical (unpaired) electrons. The van der Waals surface area contributed by atoms with Gasteiger partial charge in [0.05, 0.1) is 6.33 Å². The van der Waals surface area contributed by atoms with Crippen molar-refractivity contribution in [3.8, 4) is 5.69 Å². The van der Waals surface area contributed by atoms with Crippen molar-refractivity contribution >= 4 is 0 Å². The summed E-state index contributed by atoms with van der Waals surface area (Å²) < 4.78 is 2.03. The molecule has 21 heavy (non-hydrogen) atoms. The van der Waals surface area contributed by atoms with Gasteiger partial charge in [0.25, 0.3) is 0 Å². The normalized spacial score (nSPS) is 21.3. The summed E-state index contributed by atoms with van der Waals surface area (Å²) in [5, 5.41) is 3.73. The zero-order valence-corrected chi connectivity index (χ0v) is 13.0. The molecule has 1 aliphatic rings. The van der Waals surface area contributed by atoms with E-state index in [9.17, 15) is 0 Å². The van der Waals surface area contributed by atoms with Gasteiger partial charge < -0.3 is 9.88 Å². The van der Waals surface area contributed by atoms with Gasteiger partial charge in [-0.3, -0.25) is 0 Å². The summed E-state index contributed by atoms with van der Waals surface area (Å²) in [4.78, 5) is 4.08. The van der Waals surface area contributed by atoms with E-state index in [4.69, 9.17) is 0 Å². The maximum atomic E-state index is 4.08. The summed E-state index contributed by atoms with van der Waals surface area (Å²) in [7, 11) is 0. The third-order valence-corrected chi connectivity index (χ3v) is 4.54. The molecule has 1 heterocycles. The third-order valence-electron chi connectivity index (χ3n) is 4.54. The first-order valence-corrected chi connectivity index (χ1v) is 7.93. The van der Waals surface area contributed by atoms with Gasteiger partial charge in [-0.25, -0.2) is 4.98 Å². The van der Waals surface area contributed by atoms with Gasteiger partial charge in [-0.05, 0) is 42.4 Å². The topological polar surface area (TPSA) is 29.9 Å². The van der Waals surface area contributed by atoms with Crippen LogP contribution in [0.5, 0.6) is 0 Å². The molecular weight excluding hydrogens is 258 g/mol. The van der Waals surface area contributed by atoms with E-state index in [1.807, 2.05) is 17.1 Å². The molecule has 1 aliphatic carbocycles. The van der Waals surface area contributed by atoms with Crippen LogP contribution in [0.4, 0.5) is 0 Å². The van der Waals surface area contributed by atoms with Crippen molar-refractivity contribution in [1.29, 1.82) is 0 Å². The molecule has 1 fully saturated rings. The van der Waals surface area contributed by atoms with Crippen molar-refractivity contribution in [1.82, 2.24) is 14.9 Å². The molecule has 3 nitrogen and oxygen atoms in total. The first-order valence-electron chi connectivity index (χ1n) is 7.93. The smallest absolute Gasteiger partial charge is 0.0991 e. The summed E-state index contributed by atoms with van der Waals surface area (Å²) in [6, 6.07) is 9.39. The summed E-state index contributed by atoms with van der Waals surface area (Å²) >= 11 is 0. The Morgan fingerprint density at radius 1 is 1.29 bits per heavy atom. The van der Waals surface area contributed by atoms with Crippen LogP contribution in [0.3, 0.4) is 0 Å². The minimum Gasteiger partial charge on any atom is -0.310 e. The van der Waals surface area contributed by atoms with E-state index >= 15 is 0 Å². The molecular formula is C18H25N3. The monoisotopic (exact) mass is 283 g/mol. The van der Waals surface area contributed by atoms with Crippen LogP contribution in [0.1, 0.15) is 45.1 Å². The van der Waals surface area contributed by atoms with Crippen LogP contribution >= 0.6 is 0 Å². The van der Waals surface area contributed by atoms with E-state index in [1.54, 1.807) is 6.20 Å². The van der Waals surface area contributed by atoms with Crippen LogP contribution < -0.4 is 5.32 Å². The van der Waals surface area contributed by atoms with Crippen LogP contribution in [-0.4, -0.2) is 15.6 Å². The van der Waals surface area contributed by atoms with E-state index < -0.39 is 0 Å². The quantitative estimate of drug-likeness (QED) is 0.921. The highest BCUT2D eigenvalue weighted by molar-refractivity contribution is 5.34. The zero-order valence-electron chi connectivity index (χ0n) is 13.0. The average molecular weight is 283 g/mol. The molecule has 3 heteroatoms. The Morgan fingerprint density at radius 2 is 2.10 bits per heavy atom. The lowest BCUT2D eigenvalue weighted by molar-refractivity contribution is 0.198. The highest BCUT2D eigenvalue weighted by Gasteiger charge is 2.27. The number of nitrogens with zero attached hydrogens (tertiary/aromatic N) is 2. The van der Waals surface area contributed by atoms with Gasteiger partial charge in [0, 0.05) is 30.7 Å². The summed E-state index contributed by atoms with van der Waals surface area (Å²) in [6.45, 7) is 5.74. The van der Waals surface area contributed by atoms with E-state index in [-0.39, 0.29) is 0 Å². The SMILES string of the molecule is CC1(C)CCCC(NCc2ccc(-n3ccnc3)cc2)C1. The van der Waals surface area contributed by atoms with E-state index in [0.717, 1.165) is 12.2 Å². The van der Waals surface area contributed by atoms with Crippen molar-refractivity contribution in [2.24, 2.45) is 5.41 Å². The Kier molecular flexibility index (Phi) is 4.11. The Labute approximate surface area is 127 Å². The molecule has 0 aliphatic heterocycles. The van der Waals surface area contributed by atoms with Crippen molar-refractivity contribution in [3.05, 3.63) is 48.5 Å². The number of hydrogen-bond acceptors (Lipinski definition) is 2. The number of aromatic nitrogens is 2. The fraction of sp³-hybridized carbons (Fsp3) is 0.500. The third kappa shape index (κ3) is 3.73. The zero-order chi connectivity index (χ0) is 14.7. The highest BCUT2D eigenvalue weighted by Crippen LogP contribution is 2.35. The van der Waals surface area contributed by atoms with E-state index in [0.29, 0.717) is 11.5 Å². The van der Waals surface area contributed by atoms with Gasteiger partial charge in [0.1, 0.15) is 0 Å². The average Bonchev–Trinajstić information content (AvgIpc) is 2.99. The number of rotatable bonds is 4. The lowest BCUT2D eigenvalue weighted by atomic mass is 9.75. The lowest BCUT2D eigenvalue weighted by Crippen LogP contribution is -2.36. The van der Waals surface area contributed by atoms with Gasteiger partial charge in [0.15, 0.2) is 0 Å². The fourth-order valence-corrected chi connectivity index (χ4v) is 3.33. The summed E-state index contributed by atoms with van der Waals surface area (Å²) in [5.41, 5.74) is 3.01. The maximum absolute atomic E-state index is 4.08. The molecule has 1 unspecified atom stereocenters. The molecule has 3 rings (SSSR count). The highest BCUT2D eigenvalue weighted by atomic mass is 15.0. The second kappa shape index (κ2) is 6.02. The second-order valence-electron chi connectivity index (χ2n) is 6.97. The molecule has 0 spiro atoms. The van der Waals surface area contributed by atoms with Crippen molar-refractivity contribution in [2.75, 3.05) is 0 Å². The Balaban J connectivity index is 1.56. The van der Waals surface area contributed by atoms with Gasteiger partial charge in [-0.2, -0.15) is 0 Å². The minimum atomic E-state index is 0.501. The molecule has 1 aromatic carbocycles. The van der Waals surface area contributed by atoms with Gasteiger partial charge >= 0.3 is 0 Å². The maximum Gasteiger partial charge on any atom is 0.0991 e. The number of imidazole rings is 1. The number of nitrogens with one attached hydrogen (secondary N) is 1. The largest absolute Gasteiger partial charge is 0.310 e. The molecule has 0 amide bonds. The van der Waals surface area contributed by atoms with Crippen molar-refractivity contribution in [3.63, 3.8) is 0 Å². The predicted molar refractivity (Wildman–Crippen MR) is 86.4 cm³/mol. The Morgan fingerprint density at radius 3 is 2.76 bits per heavy atom. The summed E-state index contributed by atoms with van der Waals surface area (Å²) in [5.74, 6) is 0. The first kappa shape index (κ1) is 14.3. The molecule has 1 aromatic heterocycles. The fourth-order valence-electron chi connectivity index (χ4n) is 3.33. The second-order valence-corrected chi connectivity index (χ2v) is 6.97. The Bertz CT molecular complexity index is 555. The van der Waals surface area contributed by atoms with Crippen LogP contribution in [0, 0.1) is 5.41 Å². The standard InChI is InChI=1S/C18H25N3/c1-18(2)9-3-4-16(12-18)20-13-15-5-7-17(8-6-15)21-11-10-19-14-21/h5-8,10-11,14,16,20H,3-4,9,12-13H2,1-2H3. The molecule has 1 saturated carbocycles. The van der Waals surface area contributed by atoms with Gasteiger partial charge in [0.2, 0.25) is 0 Å². The van der Waals surface area contributed by atoms with Crippen LogP contribution in [0.25, 0.3) is 5.69 Å². The molecule has 112 valence electrons. The van der Waals surface area contributed by atoms with Gasteiger partial charge in [-0.15, -0.1) is 0 Å². The Hall–Kier alpha value is -1.61. The minimum absolute atomic E-state index is 0.501. The van der Waals surface area contributed by atoms with Crippen molar-refractivity contribution in [2.45, 2.75) is 52.1 Å². The molecule has 0 saturated heterocycles. The number of hydrogen-bond donors (Lipinski definition) is 1. The van der Waals surface area contributed by atoms with Crippen molar-refractivity contribution < 1.29 is 0 Å². The van der Waals surface area contributed by atoms with E-state index in [2.05, 4.69) is 48.4 Å². The predicted octanol–water partition coefficient (Wildman–Crippen LogP) is 3.93. The molecule has 0 bridgehead atoms. The molecule has 1 atom stereocenters. The van der Waals surface area contributed by atoms with Crippen LogP contribution in [-0.2, 0) is 6.54 Å². The lowest BCUT2D eigenvalue weighted by Gasteiger charge is -2.35. The van der Waals surface area contributed by atoms with E-state index in [1.165, 1.54) is 31.2 Å². The number of benzene rings is 1.